The fraction of sp³-hybridized carbons (Fsp3) is 0.240. The highest BCUT2D eigenvalue weighted by molar-refractivity contribution is 7.93. The molecule has 1 atom stereocenters. The van der Waals surface area contributed by atoms with Crippen LogP contribution < -0.4 is 9.62 Å². The highest BCUT2D eigenvalue weighted by Gasteiger charge is 2.29. The lowest BCUT2D eigenvalue weighted by Gasteiger charge is -2.27. The highest BCUT2D eigenvalue weighted by atomic mass is 35.5. The van der Waals surface area contributed by atoms with Crippen LogP contribution in [0.25, 0.3) is 0 Å². The van der Waals surface area contributed by atoms with Crippen molar-refractivity contribution in [2.45, 2.75) is 36.1 Å². The first-order valence-electron chi connectivity index (χ1n) is 10.9. The van der Waals surface area contributed by atoms with Crippen LogP contribution in [0.5, 0.6) is 0 Å². The lowest BCUT2D eigenvalue weighted by Crippen LogP contribution is -2.42. The van der Waals surface area contributed by atoms with Gasteiger partial charge in [0.25, 0.3) is 10.0 Å². The van der Waals surface area contributed by atoms with Gasteiger partial charge in [0, 0.05) is 11.3 Å². The SMILES string of the molecule is CCC(NC(=O)CN(c1cc(Cl)ccc1C)S(=O)(=O)c1ccccc1)c1ccc(S(C)(=O)=O)cc1. The topological polar surface area (TPSA) is 101 Å². The summed E-state index contributed by atoms with van der Waals surface area (Å²) in [6, 6.07) is 18.6. The van der Waals surface area contributed by atoms with Gasteiger partial charge < -0.3 is 5.32 Å². The van der Waals surface area contributed by atoms with Gasteiger partial charge in [-0.15, -0.1) is 0 Å². The predicted octanol–water partition coefficient (Wildman–Crippen LogP) is 4.51. The first kappa shape index (κ1) is 26.7. The summed E-state index contributed by atoms with van der Waals surface area (Å²) in [6.07, 6.45) is 1.65. The van der Waals surface area contributed by atoms with E-state index < -0.39 is 38.4 Å². The van der Waals surface area contributed by atoms with E-state index in [9.17, 15) is 21.6 Å². The van der Waals surface area contributed by atoms with Gasteiger partial charge >= 0.3 is 0 Å². The van der Waals surface area contributed by atoms with Gasteiger partial charge in [0.1, 0.15) is 6.54 Å². The third-order valence-electron chi connectivity index (χ3n) is 5.51. The molecule has 7 nitrogen and oxygen atoms in total. The van der Waals surface area contributed by atoms with Crippen molar-refractivity contribution in [3.8, 4) is 0 Å². The number of nitrogens with one attached hydrogen (secondary N) is 1. The van der Waals surface area contributed by atoms with E-state index in [0.29, 0.717) is 28.3 Å². The number of rotatable bonds is 9. The summed E-state index contributed by atoms with van der Waals surface area (Å²) in [5.74, 6) is -0.511. The van der Waals surface area contributed by atoms with Crippen molar-refractivity contribution in [3.63, 3.8) is 0 Å². The van der Waals surface area contributed by atoms with Crippen LogP contribution in [0.3, 0.4) is 0 Å². The maximum Gasteiger partial charge on any atom is 0.264 e. The van der Waals surface area contributed by atoms with E-state index >= 15 is 0 Å². The van der Waals surface area contributed by atoms with E-state index in [1.807, 2.05) is 6.92 Å². The number of hydrogen-bond acceptors (Lipinski definition) is 5. The third-order valence-corrected chi connectivity index (χ3v) is 8.65. The van der Waals surface area contributed by atoms with E-state index in [1.54, 1.807) is 49.4 Å². The Morgan fingerprint density at radius 3 is 2.14 bits per heavy atom. The first-order chi connectivity index (χ1) is 16.4. The summed E-state index contributed by atoms with van der Waals surface area (Å²) in [7, 11) is -7.41. The van der Waals surface area contributed by atoms with Gasteiger partial charge in [0.2, 0.25) is 5.91 Å². The number of hydrogen-bond donors (Lipinski definition) is 1. The van der Waals surface area contributed by atoms with Crippen molar-refractivity contribution in [3.05, 3.63) is 88.9 Å². The number of anilines is 1. The summed E-state index contributed by atoms with van der Waals surface area (Å²) in [5.41, 5.74) is 1.66. The Morgan fingerprint density at radius 1 is 0.943 bits per heavy atom. The second-order valence-corrected chi connectivity index (χ2v) is 12.4. The molecule has 3 rings (SSSR count). The van der Waals surface area contributed by atoms with Crippen LogP contribution in [0.15, 0.2) is 82.6 Å². The minimum atomic E-state index is -4.07. The average molecular weight is 535 g/mol. The molecule has 1 unspecified atom stereocenters. The number of sulfonamides is 1. The largest absolute Gasteiger partial charge is 0.348 e. The summed E-state index contributed by atoms with van der Waals surface area (Å²) < 4.78 is 51.6. The van der Waals surface area contributed by atoms with E-state index in [-0.39, 0.29) is 9.79 Å². The fourth-order valence-corrected chi connectivity index (χ4v) is 5.90. The molecule has 3 aromatic carbocycles. The van der Waals surface area contributed by atoms with Crippen LogP contribution in [0, 0.1) is 6.92 Å². The lowest BCUT2D eigenvalue weighted by molar-refractivity contribution is -0.120. The third kappa shape index (κ3) is 6.42. The van der Waals surface area contributed by atoms with Crippen molar-refractivity contribution >= 4 is 43.1 Å². The monoisotopic (exact) mass is 534 g/mol. The zero-order chi connectivity index (χ0) is 25.8. The van der Waals surface area contributed by atoms with E-state index in [2.05, 4.69) is 5.32 Å². The van der Waals surface area contributed by atoms with Crippen molar-refractivity contribution in [1.29, 1.82) is 0 Å². The fourth-order valence-electron chi connectivity index (χ4n) is 3.61. The van der Waals surface area contributed by atoms with Crippen LogP contribution in [-0.4, -0.2) is 35.5 Å². The van der Waals surface area contributed by atoms with E-state index in [0.717, 1.165) is 10.6 Å². The normalized spacial score (nSPS) is 12.7. The Kier molecular flexibility index (Phi) is 8.25. The summed E-state index contributed by atoms with van der Waals surface area (Å²) in [5, 5.41) is 3.22. The summed E-state index contributed by atoms with van der Waals surface area (Å²) in [6.45, 7) is 3.15. The van der Waals surface area contributed by atoms with Crippen LogP contribution in [-0.2, 0) is 24.7 Å². The molecule has 3 aromatic rings. The molecule has 0 aliphatic carbocycles. The molecule has 0 radical (unpaired) electrons. The zero-order valence-corrected chi connectivity index (χ0v) is 22.0. The van der Waals surface area contributed by atoms with Crippen molar-refractivity contribution < 1.29 is 21.6 Å². The molecule has 0 aliphatic rings. The highest BCUT2D eigenvalue weighted by Crippen LogP contribution is 2.29. The van der Waals surface area contributed by atoms with Crippen molar-refractivity contribution in [2.24, 2.45) is 0 Å². The Labute approximate surface area is 211 Å². The Balaban J connectivity index is 1.92. The molecule has 186 valence electrons. The van der Waals surface area contributed by atoms with Gasteiger partial charge in [-0.2, -0.15) is 0 Å². The molecule has 1 N–H and O–H groups in total. The smallest absolute Gasteiger partial charge is 0.264 e. The molecular weight excluding hydrogens is 508 g/mol. The number of carbonyl (C=O) groups is 1. The Bertz CT molecular complexity index is 1410. The number of sulfone groups is 1. The molecule has 35 heavy (non-hydrogen) atoms. The molecule has 10 heteroatoms. The molecule has 0 fully saturated rings. The molecule has 0 aliphatic heterocycles. The van der Waals surface area contributed by atoms with E-state index in [1.165, 1.54) is 30.3 Å². The molecule has 0 saturated heterocycles. The summed E-state index contributed by atoms with van der Waals surface area (Å²) >= 11 is 6.16. The minimum absolute atomic E-state index is 0.0515. The number of carbonyl (C=O) groups excluding carboxylic acids is 1. The molecular formula is C25H27ClN2O5S2. The van der Waals surface area contributed by atoms with Gasteiger partial charge in [-0.3, -0.25) is 9.10 Å². The average Bonchev–Trinajstić information content (AvgIpc) is 2.82. The lowest BCUT2D eigenvalue weighted by atomic mass is 10.0. The first-order valence-corrected chi connectivity index (χ1v) is 14.6. The number of aryl methyl sites for hydroxylation is 1. The van der Waals surface area contributed by atoms with Crippen LogP contribution in [0.2, 0.25) is 5.02 Å². The molecule has 0 saturated carbocycles. The zero-order valence-electron chi connectivity index (χ0n) is 19.6. The minimum Gasteiger partial charge on any atom is -0.348 e. The van der Waals surface area contributed by atoms with E-state index in [4.69, 9.17) is 11.6 Å². The standard InChI is InChI=1S/C25H27ClN2O5S2/c1-4-23(19-11-14-21(15-12-19)34(3,30)31)27-25(29)17-28(24-16-20(26)13-10-18(24)2)35(32,33)22-8-6-5-7-9-22/h5-16,23H,4,17H2,1-3H3,(H,27,29). The molecule has 1 amide bonds. The molecule has 0 bridgehead atoms. The van der Waals surface area contributed by atoms with Gasteiger partial charge in [0.15, 0.2) is 9.84 Å². The second-order valence-electron chi connectivity index (χ2n) is 8.13. The Morgan fingerprint density at radius 2 is 1.57 bits per heavy atom. The summed E-state index contributed by atoms with van der Waals surface area (Å²) in [4.78, 5) is 13.4. The van der Waals surface area contributed by atoms with Gasteiger partial charge in [-0.25, -0.2) is 16.8 Å². The Hall–Kier alpha value is -2.88. The van der Waals surface area contributed by atoms with Crippen LogP contribution in [0.4, 0.5) is 5.69 Å². The number of halogens is 1. The van der Waals surface area contributed by atoms with Crippen molar-refractivity contribution in [1.82, 2.24) is 5.32 Å². The number of nitrogens with zero attached hydrogens (tertiary/aromatic N) is 1. The maximum absolute atomic E-state index is 13.5. The van der Waals surface area contributed by atoms with Gasteiger partial charge in [0.05, 0.1) is 21.5 Å². The quantitative estimate of drug-likeness (QED) is 0.435. The van der Waals surface area contributed by atoms with Gasteiger partial charge in [-0.05, 0) is 60.9 Å². The predicted molar refractivity (Wildman–Crippen MR) is 138 cm³/mol. The maximum atomic E-state index is 13.5. The molecule has 0 aromatic heterocycles. The van der Waals surface area contributed by atoms with Crippen molar-refractivity contribution in [2.75, 3.05) is 17.1 Å². The molecule has 0 spiro atoms. The van der Waals surface area contributed by atoms with Crippen LogP contribution >= 0.6 is 11.6 Å². The van der Waals surface area contributed by atoms with Crippen LogP contribution in [0.1, 0.15) is 30.5 Å². The number of amides is 1. The molecule has 0 heterocycles. The van der Waals surface area contributed by atoms with Gasteiger partial charge in [-0.1, -0.05) is 54.9 Å². The number of benzene rings is 3. The second kappa shape index (κ2) is 10.8.